The summed E-state index contributed by atoms with van der Waals surface area (Å²) < 4.78 is 0. The largest absolute Gasteiger partial charge is 1.00 e. The molecular formula is C14H23Cl. The molecule has 0 heterocycles. The second-order valence-corrected chi connectivity index (χ2v) is 4.31. The fourth-order valence-corrected chi connectivity index (χ4v) is 1.89. The van der Waals surface area contributed by atoms with Crippen LogP contribution in [-0.4, -0.2) is 0 Å². The van der Waals surface area contributed by atoms with Gasteiger partial charge >= 0.3 is 0 Å². The zero-order valence-electron chi connectivity index (χ0n) is 10.1. The Hall–Kier alpha value is -0.360. The summed E-state index contributed by atoms with van der Waals surface area (Å²) in [6.07, 6.45) is 16.5. The molecule has 0 nitrogen and oxygen atoms in total. The summed E-state index contributed by atoms with van der Waals surface area (Å²) in [7, 11) is 0. The van der Waals surface area contributed by atoms with Gasteiger partial charge in [-0.1, -0.05) is 39.0 Å². The Morgan fingerprint density at radius 3 is 2.33 bits per heavy atom. The van der Waals surface area contributed by atoms with Crippen molar-refractivity contribution in [3.8, 4) is 0 Å². The van der Waals surface area contributed by atoms with Gasteiger partial charge in [0.25, 0.3) is 0 Å². The molecule has 0 aliphatic heterocycles. The Kier molecular flexibility index (Phi) is 8.70. The molecule has 0 N–H and O–H groups in total. The molecule has 0 saturated heterocycles. The van der Waals surface area contributed by atoms with Crippen molar-refractivity contribution in [2.45, 2.75) is 58.8 Å². The molecule has 0 aromatic rings. The second kappa shape index (κ2) is 8.91. The van der Waals surface area contributed by atoms with Gasteiger partial charge in [-0.15, -0.1) is 0 Å². The van der Waals surface area contributed by atoms with E-state index in [1.807, 2.05) is 0 Å². The van der Waals surface area contributed by atoms with Gasteiger partial charge < -0.3 is 12.4 Å². The summed E-state index contributed by atoms with van der Waals surface area (Å²) in [6, 6.07) is 0. The highest BCUT2D eigenvalue weighted by Crippen LogP contribution is 2.21. The number of hydrogen-bond acceptors (Lipinski definition) is 0. The quantitative estimate of drug-likeness (QED) is 0.459. The maximum atomic E-state index is 2.31. The maximum Gasteiger partial charge on any atom is 0.0934 e. The van der Waals surface area contributed by atoms with E-state index in [1.54, 1.807) is 0 Å². The van der Waals surface area contributed by atoms with Crippen molar-refractivity contribution in [1.29, 1.82) is 0 Å². The van der Waals surface area contributed by atoms with Crippen LogP contribution in [-0.2, 0) is 0 Å². The van der Waals surface area contributed by atoms with E-state index >= 15 is 0 Å². The van der Waals surface area contributed by atoms with Crippen LogP contribution in [0.2, 0.25) is 0 Å². The summed E-state index contributed by atoms with van der Waals surface area (Å²) in [6.45, 7) is 4.44. The van der Waals surface area contributed by atoms with Crippen LogP contribution in [0.1, 0.15) is 58.8 Å². The predicted molar refractivity (Wildman–Crippen MR) is 64.1 cm³/mol. The van der Waals surface area contributed by atoms with Crippen LogP contribution < -0.4 is 12.4 Å². The number of hydrogen-bond donors (Lipinski definition) is 0. The van der Waals surface area contributed by atoms with Crippen LogP contribution in [0.3, 0.4) is 0 Å². The number of rotatable bonds is 7. The fraction of sp³-hybridized carbons (Fsp3) is 0.643. The molecule has 0 radical (unpaired) electrons. The Balaban J connectivity index is 0.00000196. The molecule has 0 atom stereocenters. The van der Waals surface area contributed by atoms with Gasteiger partial charge in [0.15, 0.2) is 0 Å². The molecule has 0 aromatic carbocycles. The summed E-state index contributed by atoms with van der Waals surface area (Å²) >= 11 is 0. The van der Waals surface area contributed by atoms with Crippen molar-refractivity contribution < 1.29 is 12.4 Å². The van der Waals surface area contributed by atoms with E-state index in [-0.39, 0.29) is 12.4 Å². The molecule has 86 valence electrons. The van der Waals surface area contributed by atoms with Crippen molar-refractivity contribution in [2.24, 2.45) is 0 Å². The Labute approximate surface area is 101 Å². The molecule has 0 spiro atoms. The van der Waals surface area contributed by atoms with Crippen molar-refractivity contribution in [2.75, 3.05) is 0 Å². The van der Waals surface area contributed by atoms with Crippen LogP contribution in [0.25, 0.3) is 0 Å². The smallest absolute Gasteiger partial charge is 0.0934 e. The van der Waals surface area contributed by atoms with Gasteiger partial charge in [-0.2, -0.15) is 0 Å². The van der Waals surface area contributed by atoms with E-state index in [4.69, 9.17) is 0 Å². The highest BCUT2D eigenvalue weighted by Gasteiger charge is 2.12. The number of allylic oxidation sites excluding steroid dienone is 4. The van der Waals surface area contributed by atoms with E-state index in [2.05, 4.69) is 32.1 Å². The Morgan fingerprint density at radius 2 is 1.73 bits per heavy atom. The lowest BCUT2D eigenvalue weighted by Crippen LogP contribution is -3.00. The van der Waals surface area contributed by atoms with Crippen LogP contribution >= 0.6 is 0 Å². The first-order valence-electron chi connectivity index (χ1n) is 6.05. The van der Waals surface area contributed by atoms with Gasteiger partial charge in [-0.3, -0.25) is 0 Å². The third-order valence-electron chi connectivity index (χ3n) is 2.79. The molecule has 1 aliphatic rings. The third-order valence-corrected chi connectivity index (χ3v) is 2.79. The van der Waals surface area contributed by atoms with E-state index in [0.29, 0.717) is 0 Å². The van der Waals surface area contributed by atoms with Crippen molar-refractivity contribution in [3.05, 3.63) is 29.7 Å². The minimum atomic E-state index is 0. The summed E-state index contributed by atoms with van der Waals surface area (Å²) in [5.41, 5.74) is 1.53. The minimum absolute atomic E-state index is 0. The first-order valence-corrected chi connectivity index (χ1v) is 6.05. The summed E-state index contributed by atoms with van der Waals surface area (Å²) in [5.74, 6) is 1.41. The first kappa shape index (κ1) is 14.6. The van der Waals surface area contributed by atoms with Crippen LogP contribution in [0.4, 0.5) is 0 Å². The standard InChI is InChI=1S/C14H23.ClH/c1-3-4-5-6-7-8-9-14-11-10-13(2)12-14;/h10-12H,3-9H2,1-2H3;1H/q+1;/p-1. The Morgan fingerprint density at radius 1 is 1.07 bits per heavy atom. The second-order valence-electron chi connectivity index (χ2n) is 4.31. The monoisotopic (exact) mass is 226 g/mol. The zero-order chi connectivity index (χ0) is 10.2. The number of unbranched alkanes of at least 4 members (excludes halogenated alkanes) is 5. The molecule has 1 heteroatoms. The molecule has 0 bridgehead atoms. The molecule has 0 fully saturated rings. The zero-order valence-corrected chi connectivity index (χ0v) is 10.8. The molecule has 1 rings (SSSR count). The molecule has 1 aliphatic carbocycles. The fourth-order valence-electron chi connectivity index (χ4n) is 1.89. The highest BCUT2D eigenvalue weighted by atomic mass is 35.5. The van der Waals surface area contributed by atoms with Crippen molar-refractivity contribution in [3.63, 3.8) is 0 Å². The van der Waals surface area contributed by atoms with Gasteiger partial charge in [0.2, 0.25) is 0 Å². The van der Waals surface area contributed by atoms with Crippen LogP contribution in [0.15, 0.2) is 23.8 Å². The van der Waals surface area contributed by atoms with Gasteiger partial charge in [-0.05, 0) is 6.42 Å². The normalized spacial score (nSPS) is 14.0. The van der Waals surface area contributed by atoms with Gasteiger partial charge in [0.05, 0.1) is 29.7 Å². The van der Waals surface area contributed by atoms with Gasteiger partial charge in [0.1, 0.15) is 0 Å². The minimum Gasteiger partial charge on any atom is -1.00 e. The Bertz CT molecular complexity index is 203. The van der Waals surface area contributed by atoms with E-state index in [0.717, 1.165) is 0 Å². The predicted octanol–water partition coefficient (Wildman–Crippen LogP) is 1.83. The van der Waals surface area contributed by atoms with Crippen molar-refractivity contribution in [1.82, 2.24) is 0 Å². The molecule has 0 aromatic heterocycles. The lowest BCUT2D eigenvalue weighted by Gasteiger charge is -1.97. The lowest BCUT2D eigenvalue weighted by molar-refractivity contribution is -0.00000310. The van der Waals surface area contributed by atoms with Crippen molar-refractivity contribution >= 4 is 0 Å². The van der Waals surface area contributed by atoms with Crippen LogP contribution in [0, 0.1) is 5.92 Å². The number of halogens is 1. The van der Waals surface area contributed by atoms with E-state index < -0.39 is 0 Å². The van der Waals surface area contributed by atoms with E-state index in [1.165, 1.54) is 56.4 Å². The molecule has 15 heavy (non-hydrogen) atoms. The lowest BCUT2D eigenvalue weighted by atomic mass is 10.1. The maximum absolute atomic E-state index is 2.31. The topological polar surface area (TPSA) is 0 Å². The molecular weight excluding hydrogens is 204 g/mol. The third kappa shape index (κ3) is 6.67. The average Bonchev–Trinajstić information content (AvgIpc) is 2.58. The molecule has 0 saturated carbocycles. The highest BCUT2D eigenvalue weighted by molar-refractivity contribution is 5.39. The van der Waals surface area contributed by atoms with Gasteiger partial charge in [0, 0.05) is 13.3 Å². The first-order chi connectivity index (χ1) is 6.83. The summed E-state index contributed by atoms with van der Waals surface area (Å²) in [4.78, 5) is 0. The average molecular weight is 227 g/mol. The van der Waals surface area contributed by atoms with Gasteiger partial charge in [-0.25, -0.2) is 0 Å². The van der Waals surface area contributed by atoms with E-state index in [9.17, 15) is 0 Å². The SMILES string of the molecule is CCCCCCCCC1=C[C+](C)C=C1.[Cl-]. The molecule has 0 amide bonds. The summed E-state index contributed by atoms with van der Waals surface area (Å²) in [5, 5.41) is 0. The van der Waals surface area contributed by atoms with Crippen LogP contribution in [0.5, 0.6) is 0 Å². The molecule has 0 unspecified atom stereocenters.